The van der Waals surface area contributed by atoms with Gasteiger partial charge in [-0.2, -0.15) is 0 Å². The minimum absolute atomic E-state index is 0.129. The van der Waals surface area contributed by atoms with Crippen molar-refractivity contribution in [2.45, 2.75) is 37.2 Å². The Hall–Kier alpha value is -0.720. The zero-order valence-corrected chi connectivity index (χ0v) is 12.4. The summed E-state index contributed by atoms with van der Waals surface area (Å²) in [5.74, 6) is 0.786. The van der Waals surface area contributed by atoms with Crippen LogP contribution in [0.2, 0.25) is 4.34 Å². The van der Waals surface area contributed by atoms with Crippen molar-refractivity contribution in [3.8, 4) is 0 Å². The smallest absolute Gasteiger partial charge is 0.270 e. The molecule has 98 valence electrons. The molecule has 7 heteroatoms. The van der Waals surface area contributed by atoms with Crippen molar-refractivity contribution in [2.75, 3.05) is 0 Å². The van der Waals surface area contributed by atoms with Gasteiger partial charge in [0.25, 0.3) is 0 Å². The summed E-state index contributed by atoms with van der Waals surface area (Å²) in [5.41, 5.74) is -0.129. The standard InChI is InChI=1S/C11H14ClN3OS2/c1-2-3-6-15-10(16)13-14-11(15)17-7-8-4-5-9(12)18-8/h4-5H,2-3,6-7H2,1H3,(H,13,16). The Bertz CT molecular complexity index is 561. The number of halogens is 1. The van der Waals surface area contributed by atoms with Crippen LogP contribution in [0.4, 0.5) is 0 Å². The topological polar surface area (TPSA) is 50.7 Å². The second kappa shape index (κ2) is 6.45. The number of nitrogens with zero attached hydrogens (tertiary/aromatic N) is 2. The summed E-state index contributed by atoms with van der Waals surface area (Å²) in [6.07, 6.45) is 2.04. The molecule has 0 spiro atoms. The second-order valence-electron chi connectivity index (χ2n) is 3.81. The summed E-state index contributed by atoms with van der Waals surface area (Å²) < 4.78 is 2.49. The van der Waals surface area contributed by atoms with Gasteiger partial charge in [-0.25, -0.2) is 9.89 Å². The van der Waals surface area contributed by atoms with Crippen LogP contribution in [0.5, 0.6) is 0 Å². The lowest BCUT2D eigenvalue weighted by Crippen LogP contribution is -2.17. The van der Waals surface area contributed by atoms with Crippen LogP contribution in [0, 0.1) is 0 Å². The molecular weight excluding hydrogens is 290 g/mol. The predicted octanol–water partition coefficient (Wildman–Crippen LogP) is 3.38. The monoisotopic (exact) mass is 303 g/mol. The average molecular weight is 304 g/mol. The van der Waals surface area contributed by atoms with E-state index in [1.165, 1.54) is 4.88 Å². The van der Waals surface area contributed by atoms with Gasteiger partial charge in [0, 0.05) is 17.2 Å². The van der Waals surface area contributed by atoms with E-state index >= 15 is 0 Å². The third-order valence-corrected chi connectivity index (χ3v) is 4.87. The minimum Gasteiger partial charge on any atom is -0.270 e. The molecule has 0 radical (unpaired) electrons. The number of nitrogens with one attached hydrogen (secondary N) is 1. The molecule has 0 fully saturated rings. The Kier molecular flexibility index (Phi) is 4.91. The lowest BCUT2D eigenvalue weighted by atomic mass is 10.3. The van der Waals surface area contributed by atoms with Crippen LogP contribution in [-0.4, -0.2) is 14.8 Å². The zero-order chi connectivity index (χ0) is 13.0. The molecule has 2 heterocycles. The third-order valence-electron chi connectivity index (χ3n) is 2.43. The molecular formula is C11H14ClN3OS2. The molecule has 0 saturated heterocycles. The van der Waals surface area contributed by atoms with Gasteiger partial charge in [-0.05, 0) is 18.6 Å². The van der Waals surface area contributed by atoms with Crippen LogP contribution >= 0.6 is 34.7 Å². The number of aromatic amines is 1. The molecule has 2 rings (SSSR count). The van der Waals surface area contributed by atoms with Gasteiger partial charge < -0.3 is 0 Å². The minimum atomic E-state index is -0.129. The highest BCUT2D eigenvalue weighted by Gasteiger charge is 2.09. The molecule has 0 atom stereocenters. The summed E-state index contributed by atoms with van der Waals surface area (Å²) in [5, 5.41) is 7.30. The number of thiophene rings is 1. The fourth-order valence-corrected chi connectivity index (χ4v) is 3.60. The number of hydrogen-bond acceptors (Lipinski definition) is 4. The maximum Gasteiger partial charge on any atom is 0.343 e. The molecule has 0 amide bonds. The van der Waals surface area contributed by atoms with E-state index in [1.807, 2.05) is 12.1 Å². The van der Waals surface area contributed by atoms with Crippen molar-refractivity contribution in [2.24, 2.45) is 0 Å². The molecule has 0 aliphatic rings. The molecule has 18 heavy (non-hydrogen) atoms. The number of H-pyrrole nitrogens is 1. The first-order valence-electron chi connectivity index (χ1n) is 5.73. The Morgan fingerprint density at radius 2 is 2.39 bits per heavy atom. The maximum absolute atomic E-state index is 11.6. The van der Waals surface area contributed by atoms with E-state index in [4.69, 9.17) is 11.6 Å². The number of aromatic nitrogens is 3. The van der Waals surface area contributed by atoms with Crippen LogP contribution in [0.3, 0.4) is 0 Å². The molecule has 0 saturated carbocycles. The normalized spacial score (nSPS) is 11.0. The number of rotatable bonds is 6. The largest absolute Gasteiger partial charge is 0.343 e. The van der Waals surface area contributed by atoms with Crippen LogP contribution in [0.15, 0.2) is 22.1 Å². The van der Waals surface area contributed by atoms with E-state index in [1.54, 1.807) is 27.7 Å². The molecule has 2 aromatic heterocycles. The predicted molar refractivity (Wildman–Crippen MR) is 76.6 cm³/mol. The molecule has 4 nitrogen and oxygen atoms in total. The van der Waals surface area contributed by atoms with E-state index in [2.05, 4.69) is 17.1 Å². The first-order chi connectivity index (χ1) is 8.70. The summed E-state index contributed by atoms with van der Waals surface area (Å²) in [7, 11) is 0. The van der Waals surface area contributed by atoms with E-state index < -0.39 is 0 Å². The van der Waals surface area contributed by atoms with Crippen molar-refractivity contribution < 1.29 is 0 Å². The lowest BCUT2D eigenvalue weighted by molar-refractivity contribution is 0.573. The third kappa shape index (κ3) is 3.40. The van der Waals surface area contributed by atoms with Crippen molar-refractivity contribution >= 4 is 34.7 Å². The molecule has 2 aromatic rings. The van der Waals surface area contributed by atoms with Crippen molar-refractivity contribution in [3.05, 3.63) is 31.8 Å². The molecule has 0 bridgehead atoms. The first kappa shape index (κ1) is 13.7. The van der Waals surface area contributed by atoms with E-state index in [9.17, 15) is 4.79 Å². The fraction of sp³-hybridized carbons (Fsp3) is 0.455. The Balaban J connectivity index is 2.02. The molecule has 0 aliphatic heterocycles. The Morgan fingerprint density at radius 1 is 1.56 bits per heavy atom. The quantitative estimate of drug-likeness (QED) is 0.832. The SMILES string of the molecule is CCCCn1c(SCc2ccc(Cl)s2)n[nH]c1=O. The van der Waals surface area contributed by atoms with Gasteiger partial charge in [0.2, 0.25) is 0 Å². The summed E-state index contributed by atoms with van der Waals surface area (Å²) in [6, 6.07) is 3.89. The van der Waals surface area contributed by atoms with Gasteiger partial charge in [0.05, 0.1) is 4.34 Å². The molecule has 0 aliphatic carbocycles. The van der Waals surface area contributed by atoms with E-state index in [-0.39, 0.29) is 5.69 Å². The molecule has 0 aromatic carbocycles. The molecule has 0 unspecified atom stereocenters. The van der Waals surface area contributed by atoms with Crippen molar-refractivity contribution in [1.29, 1.82) is 0 Å². The van der Waals surface area contributed by atoms with Gasteiger partial charge in [0.1, 0.15) is 0 Å². The van der Waals surface area contributed by atoms with E-state index in [0.717, 1.165) is 34.6 Å². The van der Waals surface area contributed by atoms with Crippen molar-refractivity contribution in [3.63, 3.8) is 0 Å². The lowest BCUT2D eigenvalue weighted by Gasteiger charge is -2.03. The summed E-state index contributed by atoms with van der Waals surface area (Å²) in [4.78, 5) is 12.8. The highest BCUT2D eigenvalue weighted by molar-refractivity contribution is 7.98. The summed E-state index contributed by atoms with van der Waals surface area (Å²) >= 11 is 8.99. The Morgan fingerprint density at radius 3 is 3.06 bits per heavy atom. The van der Waals surface area contributed by atoms with Crippen LogP contribution in [0.25, 0.3) is 0 Å². The van der Waals surface area contributed by atoms with Crippen LogP contribution in [0.1, 0.15) is 24.6 Å². The van der Waals surface area contributed by atoms with Crippen LogP contribution in [-0.2, 0) is 12.3 Å². The summed E-state index contributed by atoms with van der Waals surface area (Å²) in [6.45, 7) is 2.82. The van der Waals surface area contributed by atoms with Gasteiger partial charge >= 0.3 is 5.69 Å². The van der Waals surface area contributed by atoms with Crippen LogP contribution < -0.4 is 5.69 Å². The Labute approximate surface area is 118 Å². The number of hydrogen-bond donors (Lipinski definition) is 1. The zero-order valence-electron chi connectivity index (χ0n) is 9.98. The highest BCUT2D eigenvalue weighted by Crippen LogP contribution is 2.27. The van der Waals surface area contributed by atoms with Gasteiger partial charge in [0.15, 0.2) is 5.16 Å². The first-order valence-corrected chi connectivity index (χ1v) is 7.91. The fourth-order valence-electron chi connectivity index (χ4n) is 1.49. The van der Waals surface area contributed by atoms with Gasteiger partial charge in [-0.3, -0.25) is 4.57 Å². The average Bonchev–Trinajstić information content (AvgIpc) is 2.91. The number of thioether (sulfide) groups is 1. The maximum atomic E-state index is 11.6. The molecule has 1 N–H and O–H groups in total. The second-order valence-corrected chi connectivity index (χ2v) is 6.55. The van der Waals surface area contributed by atoms with E-state index in [0.29, 0.717) is 0 Å². The van der Waals surface area contributed by atoms with Gasteiger partial charge in [-0.15, -0.1) is 16.4 Å². The number of unbranched alkanes of at least 4 members (excludes halogenated alkanes) is 1. The highest BCUT2D eigenvalue weighted by atomic mass is 35.5. The van der Waals surface area contributed by atoms with Crippen molar-refractivity contribution in [1.82, 2.24) is 14.8 Å². The van der Waals surface area contributed by atoms with Gasteiger partial charge in [-0.1, -0.05) is 36.7 Å².